The topological polar surface area (TPSA) is 80.6 Å². The SMILES string of the molecule is CCCn1cc(S(=O)(=O)NC(C)(C)COC)cc1CO. The number of aromatic nitrogens is 1. The summed E-state index contributed by atoms with van der Waals surface area (Å²) >= 11 is 0. The van der Waals surface area contributed by atoms with E-state index in [2.05, 4.69) is 4.72 Å². The molecule has 0 aliphatic carbocycles. The summed E-state index contributed by atoms with van der Waals surface area (Å²) < 4.78 is 34.1. The number of hydrogen-bond donors (Lipinski definition) is 2. The van der Waals surface area contributed by atoms with Crippen LogP contribution in [0.2, 0.25) is 0 Å². The third kappa shape index (κ3) is 4.31. The van der Waals surface area contributed by atoms with Crippen molar-refractivity contribution in [3.63, 3.8) is 0 Å². The third-order valence-corrected chi connectivity index (χ3v) is 4.48. The van der Waals surface area contributed by atoms with Crippen LogP contribution in [-0.2, 0) is 27.9 Å². The summed E-state index contributed by atoms with van der Waals surface area (Å²) in [5.41, 5.74) is -0.100. The molecule has 0 aliphatic rings. The van der Waals surface area contributed by atoms with Crippen molar-refractivity contribution in [3.05, 3.63) is 18.0 Å². The van der Waals surface area contributed by atoms with E-state index < -0.39 is 15.6 Å². The molecule has 6 nitrogen and oxygen atoms in total. The fourth-order valence-electron chi connectivity index (χ4n) is 2.07. The number of ether oxygens (including phenoxy) is 1. The average molecular weight is 304 g/mol. The van der Waals surface area contributed by atoms with Gasteiger partial charge >= 0.3 is 0 Å². The van der Waals surface area contributed by atoms with Gasteiger partial charge in [-0.15, -0.1) is 0 Å². The van der Waals surface area contributed by atoms with E-state index >= 15 is 0 Å². The first-order chi connectivity index (χ1) is 9.25. The Morgan fingerprint density at radius 2 is 2.10 bits per heavy atom. The summed E-state index contributed by atoms with van der Waals surface area (Å²) in [5, 5.41) is 9.28. The number of hydrogen-bond acceptors (Lipinski definition) is 4. The van der Waals surface area contributed by atoms with E-state index in [4.69, 9.17) is 4.74 Å². The van der Waals surface area contributed by atoms with Crippen LogP contribution in [-0.4, -0.2) is 37.3 Å². The number of aliphatic hydroxyl groups excluding tert-OH is 1. The van der Waals surface area contributed by atoms with Crippen molar-refractivity contribution < 1.29 is 18.3 Å². The maximum atomic E-state index is 12.3. The lowest BCUT2D eigenvalue weighted by Gasteiger charge is -2.24. The van der Waals surface area contributed by atoms with Crippen LogP contribution >= 0.6 is 0 Å². The molecule has 1 heterocycles. The maximum absolute atomic E-state index is 12.3. The molecule has 0 radical (unpaired) electrons. The summed E-state index contributed by atoms with van der Waals surface area (Å²) in [6, 6.07) is 1.50. The predicted molar refractivity (Wildman–Crippen MR) is 76.9 cm³/mol. The Morgan fingerprint density at radius 3 is 2.60 bits per heavy atom. The molecule has 20 heavy (non-hydrogen) atoms. The number of nitrogens with zero attached hydrogens (tertiary/aromatic N) is 1. The van der Waals surface area contributed by atoms with Gasteiger partial charge in [-0.2, -0.15) is 0 Å². The van der Waals surface area contributed by atoms with Gasteiger partial charge in [0, 0.05) is 25.5 Å². The standard InChI is InChI=1S/C13H24N2O4S/c1-5-6-15-8-12(7-11(15)9-16)20(17,18)14-13(2,3)10-19-4/h7-8,14,16H,5-6,9-10H2,1-4H3. The van der Waals surface area contributed by atoms with Crippen molar-refractivity contribution in [1.82, 2.24) is 9.29 Å². The van der Waals surface area contributed by atoms with E-state index in [-0.39, 0.29) is 18.1 Å². The first-order valence-electron chi connectivity index (χ1n) is 6.58. The zero-order chi connectivity index (χ0) is 15.4. The van der Waals surface area contributed by atoms with E-state index in [0.29, 0.717) is 12.2 Å². The van der Waals surface area contributed by atoms with Crippen LogP contribution in [0.3, 0.4) is 0 Å². The van der Waals surface area contributed by atoms with Crippen molar-refractivity contribution in [2.24, 2.45) is 0 Å². The second-order valence-corrected chi connectivity index (χ2v) is 7.12. The van der Waals surface area contributed by atoms with Crippen LogP contribution in [0.5, 0.6) is 0 Å². The van der Waals surface area contributed by atoms with Crippen LogP contribution in [0.25, 0.3) is 0 Å². The van der Waals surface area contributed by atoms with Gasteiger partial charge in [0.2, 0.25) is 10.0 Å². The molecule has 0 atom stereocenters. The Bertz CT molecular complexity index is 535. The minimum absolute atomic E-state index is 0.166. The molecular formula is C13H24N2O4S. The highest BCUT2D eigenvalue weighted by Crippen LogP contribution is 2.17. The molecule has 1 rings (SSSR count). The van der Waals surface area contributed by atoms with Crippen molar-refractivity contribution in [2.75, 3.05) is 13.7 Å². The molecule has 116 valence electrons. The van der Waals surface area contributed by atoms with Gasteiger partial charge < -0.3 is 14.4 Å². The normalized spacial score (nSPS) is 12.8. The van der Waals surface area contributed by atoms with Gasteiger partial charge in [0.1, 0.15) is 0 Å². The number of rotatable bonds is 8. The zero-order valence-electron chi connectivity index (χ0n) is 12.5. The highest BCUT2D eigenvalue weighted by Gasteiger charge is 2.27. The van der Waals surface area contributed by atoms with Crippen molar-refractivity contribution >= 4 is 10.0 Å². The van der Waals surface area contributed by atoms with Gasteiger partial charge in [0.25, 0.3) is 0 Å². The van der Waals surface area contributed by atoms with E-state index in [0.717, 1.165) is 6.42 Å². The van der Waals surface area contributed by atoms with Crippen LogP contribution < -0.4 is 4.72 Å². The van der Waals surface area contributed by atoms with Gasteiger partial charge in [0.05, 0.1) is 23.6 Å². The summed E-state index contributed by atoms with van der Waals surface area (Å²) in [6.07, 6.45) is 2.42. The minimum atomic E-state index is -3.63. The Kier molecular flexibility index (Phi) is 5.76. The number of nitrogens with one attached hydrogen (secondary N) is 1. The molecule has 7 heteroatoms. The van der Waals surface area contributed by atoms with Crippen LogP contribution in [0, 0.1) is 0 Å². The van der Waals surface area contributed by atoms with Crippen LogP contribution in [0.1, 0.15) is 32.9 Å². The maximum Gasteiger partial charge on any atom is 0.242 e. The summed E-state index contributed by atoms with van der Waals surface area (Å²) in [7, 11) is -2.11. The molecule has 0 aliphatic heterocycles. The predicted octanol–water partition coefficient (Wildman–Crippen LogP) is 1.09. The first kappa shape index (κ1) is 17.2. The highest BCUT2D eigenvalue weighted by atomic mass is 32.2. The molecule has 0 amide bonds. The van der Waals surface area contributed by atoms with Gasteiger partial charge in [-0.05, 0) is 26.3 Å². The average Bonchev–Trinajstić information content (AvgIpc) is 2.72. The highest BCUT2D eigenvalue weighted by molar-refractivity contribution is 7.89. The Hall–Kier alpha value is -0.890. The number of methoxy groups -OCH3 is 1. The van der Waals surface area contributed by atoms with E-state index in [1.54, 1.807) is 24.6 Å². The second-order valence-electron chi connectivity index (χ2n) is 5.44. The van der Waals surface area contributed by atoms with Crippen LogP contribution in [0.4, 0.5) is 0 Å². The van der Waals surface area contributed by atoms with Gasteiger partial charge in [0.15, 0.2) is 0 Å². The summed E-state index contributed by atoms with van der Waals surface area (Å²) in [6.45, 7) is 6.27. The Labute approximate surface area is 120 Å². The Balaban J connectivity index is 3.04. The second kappa shape index (κ2) is 6.71. The lowest BCUT2D eigenvalue weighted by Crippen LogP contribution is -2.46. The number of sulfonamides is 1. The third-order valence-electron chi connectivity index (χ3n) is 2.81. The zero-order valence-corrected chi connectivity index (χ0v) is 13.3. The summed E-state index contributed by atoms with van der Waals surface area (Å²) in [5.74, 6) is 0. The van der Waals surface area contributed by atoms with Crippen LogP contribution in [0.15, 0.2) is 17.2 Å². The molecule has 0 spiro atoms. The molecule has 0 bridgehead atoms. The smallest absolute Gasteiger partial charge is 0.242 e. The molecular weight excluding hydrogens is 280 g/mol. The molecule has 1 aromatic rings. The van der Waals surface area contributed by atoms with Gasteiger partial charge in [-0.3, -0.25) is 0 Å². The lowest BCUT2D eigenvalue weighted by molar-refractivity contribution is 0.141. The quantitative estimate of drug-likeness (QED) is 0.753. The minimum Gasteiger partial charge on any atom is -0.390 e. The largest absolute Gasteiger partial charge is 0.390 e. The number of aliphatic hydroxyl groups is 1. The first-order valence-corrected chi connectivity index (χ1v) is 8.07. The van der Waals surface area contributed by atoms with E-state index in [1.807, 2.05) is 6.92 Å². The molecule has 0 saturated carbocycles. The van der Waals surface area contributed by atoms with Crippen molar-refractivity contribution in [3.8, 4) is 0 Å². The molecule has 0 saturated heterocycles. The lowest BCUT2D eigenvalue weighted by atomic mass is 10.1. The van der Waals surface area contributed by atoms with Crippen molar-refractivity contribution in [2.45, 2.75) is 50.8 Å². The fourth-order valence-corrected chi connectivity index (χ4v) is 3.53. The van der Waals surface area contributed by atoms with Gasteiger partial charge in [-0.25, -0.2) is 13.1 Å². The molecule has 0 unspecified atom stereocenters. The monoisotopic (exact) mass is 304 g/mol. The van der Waals surface area contributed by atoms with Gasteiger partial charge in [-0.1, -0.05) is 6.92 Å². The fraction of sp³-hybridized carbons (Fsp3) is 0.692. The molecule has 0 fully saturated rings. The molecule has 1 aromatic heterocycles. The number of aryl methyl sites for hydroxylation is 1. The van der Waals surface area contributed by atoms with Crippen molar-refractivity contribution in [1.29, 1.82) is 0 Å². The van der Waals surface area contributed by atoms with E-state index in [1.165, 1.54) is 13.2 Å². The van der Waals surface area contributed by atoms with E-state index in [9.17, 15) is 13.5 Å². The Morgan fingerprint density at radius 1 is 1.45 bits per heavy atom. The molecule has 0 aromatic carbocycles. The molecule has 2 N–H and O–H groups in total. The summed E-state index contributed by atoms with van der Waals surface area (Å²) in [4.78, 5) is 0.166.